The quantitative estimate of drug-likeness (QED) is 0.492. The maximum absolute atomic E-state index is 12.0. The minimum Gasteiger partial charge on any atom is -0.380 e. The molecule has 0 bridgehead atoms. The van der Waals surface area contributed by atoms with E-state index in [-0.39, 0.29) is 17.9 Å². The molecule has 1 aliphatic rings. The van der Waals surface area contributed by atoms with Crippen molar-refractivity contribution in [2.45, 2.75) is 71.3 Å². The summed E-state index contributed by atoms with van der Waals surface area (Å²) in [5.74, 6) is 2.81. The van der Waals surface area contributed by atoms with Gasteiger partial charge in [-0.3, -0.25) is 9.59 Å². The highest BCUT2D eigenvalue weighted by Crippen LogP contribution is 2.14. The van der Waals surface area contributed by atoms with Crippen molar-refractivity contribution in [3.05, 3.63) is 0 Å². The molecule has 0 saturated carbocycles. The molecule has 0 aromatic heterocycles. The zero-order valence-corrected chi connectivity index (χ0v) is 15.6. The third-order valence-corrected chi connectivity index (χ3v) is 3.95. The molecular formula is C19H34N2O3. The van der Waals surface area contributed by atoms with Crippen molar-refractivity contribution in [1.82, 2.24) is 10.2 Å². The van der Waals surface area contributed by atoms with E-state index in [1.165, 1.54) is 0 Å². The van der Waals surface area contributed by atoms with Gasteiger partial charge in [0.1, 0.15) is 0 Å². The predicted octanol–water partition coefficient (Wildman–Crippen LogP) is 2.74. The zero-order valence-electron chi connectivity index (χ0n) is 15.6. The van der Waals surface area contributed by atoms with Crippen LogP contribution in [0.4, 0.5) is 0 Å². The number of nitrogens with one attached hydrogen (secondary N) is 1. The Morgan fingerprint density at radius 3 is 2.58 bits per heavy atom. The summed E-state index contributed by atoms with van der Waals surface area (Å²) in [5.41, 5.74) is 0. The van der Waals surface area contributed by atoms with Gasteiger partial charge >= 0.3 is 0 Å². The Labute approximate surface area is 147 Å². The summed E-state index contributed by atoms with van der Waals surface area (Å²) in [4.78, 5) is 25.3. The van der Waals surface area contributed by atoms with Crippen molar-refractivity contribution < 1.29 is 14.3 Å². The Hall–Kier alpha value is -1.54. The second-order valence-electron chi connectivity index (χ2n) is 5.70. The second kappa shape index (κ2) is 15.0. The van der Waals surface area contributed by atoms with Crippen molar-refractivity contribution in [2.75, 3.05) is 26.7 Å². The fourth-order valence-corrected chi connectivity index (χ4v) is 2.55. The Balaban J connectivity index is 0.00000254. The number of amides is 2. The molecule has 1 N–H and O–H groups in total. The van der Waals surface area contributed by atoms with Gasteiger partial charge in [0.15, 0.2) is 0 Å². The summed E-state index contributed by atoms with van der Waals surface area (Å²) in [7, 11) is 1.69. The number of hydrogen-bond acceptors (Lipinski definition) is 3. The molecule has 1 aliphatic heterocycles. The first-order chi connectivity index (χ1) is 11.7. The Bertz CT molecular complexity index is 391. The summed E-state index contributed by atoms with van der Waals surface area (Å²) < 4.78 is 5.26. The van der Waals surface area contributed by atoms with Crippen molar-refractivity contribution >= 4 is 11.8 Å². The largest absolute Gasteiger partial charge is 0.380 e. The fourth-order valence-electron chi connectivity index (χ4n) is 2.55. The molecule has 1 atom stereocenters. The third-order valence-electron chi connectivity index (χ3n) is 3.95. The monoisotopic (exact) mass is 338 g/mol. The van der Waals surface area contributed by atoms with Crippen LogP contribution in [-0.2, 0) is 14.3 Å². The predicted molar refractivity (Wildman–Crippen MR) is 97.5 cm³/mol. The standard InChI is InChI=1S/C17H28N2O3.C2H6/c1-3-4-6-9-16(20)18-12-8-5-7-10-17(21)19-13-11-15(14-19)22-2;1-2/h1,15H,4-14H2,2H3,(H,18,20);1-2H3. The van der Waals surface area contributed by atoms with E-state index in [1.54, 1.807) is 7.11 Å². The van der Waals surface area contributed by atoms with Gasteiger partial charge in [0.05, 0.1) is 6.10 Å². The van der Waals surface area contributed by atoms with Crippen LogP contribution in [0, 0.1) is 12.3 Å². The minimum atomic E-state index is 0.0639. The van der Waals surface area contributed by atoms with Gasteiger partial charge < -0.3 is 15.0 Å². The molecule has 2 amide bonds. The third kappa shape index (κ3) is 10.3. The van der Waals surface area contributed by atoms with E-state index in [0.29, 0.717) is 25.8 Å². The van der Waals surface area contributed by atoms with Gasteiger partial charge in [0.2, 0.25) is 11.8 Å². The molecule has 0 spiro atoms. The lowest BCUT2D eigenvalue weighted by Gasteiger charge is -2.16. The Morgan fingerprint density at radius 2 is 1.96 bits per heavy atom. The molecule has 1 fully saturated rings. The van der Waals surface area contributed by atoms with Crippen LogP contribution in [0.1, 0.15) is 65.2 Å². The molecule has 1 saturated heterocycles. The van der Waals surface area contributed by atoms with Gasteiger partial charge in [-0.25, -0.2) is 0 Å². The molecule has 138 valence electrons. The Morgan fingerprint density at radius 1 is 1.21 bits per heavy atom. The van der Waals surface area contributed by atoms with Gasteiger partial charge in [-0.1, -0.05) is 20.3 Å². The molecule has 1 heterocycles. The SMILES string of the molecule is C#CCCCC(=O)NCCCCCC(=O)N1CCC(OC)C1.CC. The lowest BCUT2D eigenvalue weighted by molar-refractivity contribution is -0.130. The summed E-state index contributed by atoms with van der Waals surface area (Å²) >= 11 is 0. The zero-order chi connectivity index (χ0) is 18.2. The topological polar surface area (TPSA) is 58.6 Å². The summed E-state index contributed by atoms with van der Waals surface area (Å²) in [5, 5.41) is 2.88. The number of terminal acetylenes is 1. The number of nitrogens with zero attached hydrogens (tertiary/aromatic N) is 1. The molecule has 5 heteroatoms. The highest BCUT2D eigenvalue weighted by molar-refractivity contribution is 5.76. The van der Waals surface area contributed by atoms with Crippen LogP contribution >= 0.6 is 0 Å². The maximum Gasteiger partial charge on any atom is 0.222 e. The first-order valence-electron chi connectivity index (χ1n) is 9.18. The molecule has 5 nitrogen and oxygen atoms in total. The molecule has 24 heavy (non-hydrogen) atoms. The van der Waals surface area contributed by atoms with Crippen molar-refractivity contribution in [1.29, 1.82) is 0 Å². The summed E-state index contributed by atoms with van der Waals surface area (Å²) in [6.07, 6.45) is 11.5. The first-order valence-corrected chi connectivity index (χ1v) is 9.18. The van der Waals surface area contributed by atoms with Crippen molar-refractivity contribution in [3.8, 4) is 12.3 Å². The van der Waals surface area contributed by atoms with Crippen LogP contribution in [0.3, 0.4) is 0 Å². The first kappa shape index (κ1) is 22.5. The van der Waals surface area contributed by atoms with Gasteiger partial charge in [-0.2, -0.15) is 0 Å². The average molecular weight is 338 g/mol. The van der Waals surface area contributed by atoms with Gasteiger partial charge in [-0.05, 0) is 25.7 Å². The van der Waals surface area contributed by atoms with Gasteiger partial charge in [-0.15, -0.1) is 12.3 Å². The van der Waals surface area contributed by atoms with E-state index < -0.39 is 0 Å². The number of rotatable bonds is 10. The number of unbranched alkanes of at least 4 members (excludes halogenated alkanes) is 3. The molecule has 0 aromatic carbocycles. The Kier molecular flexibility index (Phi) is 14.1. The number of likely N-dealkylation sites (tertiary alicyclic amines) is 1. The van der Waals surface area contributed by atoms with Crippen LogP contribution in [-0.4, -0.2) is 49.6 Å². The maximum atomic E-state index is 12.0. The number of carbonyl (C=O) groups is 2. The molecule has 1 rings (SSSR count). The van der Waals surface area contributed by atoms with Crippen LogP contribution < -0.4 is 5.32 Å². The van der Waals surface area contributed by atoms with Crippen molar-refractivity contribution in [3.63, 3.8) is 0 Å². The van der Waals surface area contributed by atoms with Crippen molar-refractivity contribution in [2.24, 2.45) is 0 Å². The fraction of sp³-hybridized carbons (Fsp3) is 0.789. The summed E-state index contributed by atoms with van der Waals surface area (Å²) in [6.45, 7) is 6.21. The minimum absolute atomic E-state index is 0.0639. The van der Waals surface area contributed by atoms with E-state index in [4.69, 9.17) is 11.2 Å². The number of carbonyl (C=O) groups excluding carboxylic acids is 2. The molecular weight excluding hydrogens is 304 g/mol. The summed E-state index contributed by atoms with van der Waals surface area (Å²) in [6, 6.07) is 0. The van der Waals surface area contributed by atoms with Gasteiger partial charge in [0.25, 0.3) is 0 Å². The second-order valence-corrected chi connectivity index (χ2v) is 5.70. The highest BCUT2D eigenvalue weighted by atomic mass is 16.5. The number of ether oxygens (including phenoxy) is 1. The lowest BCUT2D eigenvalue weighted by atomic mass is 10.1. The van der Waals surface area contributed by atoms with Crippen LogP contribution in [0.5, 0.6) is 0 Å². The lowest BCUT2D eigenvalue weighted by Crippen LogP contribution is -2.29. The van der Waals surface area contributed by atoms with E-state index in [2.05, 4.69) is 11.2 Å². The van der Waals surface area contributed by atoms with E-state index >= 15 is 0 Å². The van der Waals surface area contributed by atoms with Gasteiger partial charge in [0, 0.05) is 46.0 Å². The van der Waals surface area contributed by atoms with E-state index in [9.17, 15) is 9.59 Å². The molecule has 0 aromatic rings. The normalized spacial score (nSPS) is 16.1. The average Bonchev–Trinajstić information content (AvgIpc) is 3.09. The molecule has 0 aliphatic carbocycles. The number of hydrogen-bond donors (Lipinski definition) is 1. The van der Waals surface area contributed by atoms with Crippen LogP contribution in [0.25, 0.3) is 0 Å². The van der Waals surface area contributed by atoms with E-state index in [0.717, 1.165) is 45.2 Å². The van der Waals surface area contributed by atoms with Crippen LogP contribution in [0.2, 0.25) is 0 Å². The smallest absolute Gasteiger partial charge is 0.222 e. The van der Waals surface area contributed by atoms with E-state index in [1.807, 2.05) is 18.7 Å². The van der Waals surface area contributed by atoms with Crippen LogP contribution in [0.15, 0.2) is 0 Å². The molecule has 0 radical (unpaired) electrons. The highest BCUT2D eigenvalue weighted by Gasteiger charge is 2.25. The number of methoxy groups -OCH3 is 1. The molecule has 1 unspecified atom stereocenters.